The minimum atomic E-state index is 0.650. The molecule has 0 aromatic carbocycles. The molecule has 0 heterocycles. The number of hydrogen-bond acceptors (Lipinski definition) is 1. The Kier molecular flexibility index (Phi) is 6.72. The molecule has 0 aromatic rings. The van der Waals surface area contributed by atoms with E-state index in [9.17, 15) is 0 Å². The smallest absolute Gasteiger partial charge is 0.00141 e. The van der Waals surface area contributed by atoms with Crippen molar-refractivity contribution in [2.24, 2.45) is 0 Å². The topological polar surface area (TPSA) is 0 Å². The molecule has 56 valence electrons. The molecule has 9 heavy (non-hydrogen) atoms. The average molecular weight is 146 g/mol. The van der Waals surface area contributed by atoms with E-state index in [-0.39, 0.29) is 0 Å². The van der Waals surface area contributed by atoms with Crippen LogP contribution < -0.4 is 0 Å². The number of thiol groups is 1. The van der Waals surface area contributed by atoms with Gasteiger partial charge in [0, 0.05) is 5.25 Å². The van der Waals surface area contributed by atoms with E-state index < -0.39 is 0 Å². The van der Waals surface area contributed by atoms with E-state index >= 15 is 0 Å². The second kappa shape index (κ2) is 6.47. The van der Waals surface area contributed by atoms with Crippen molar-refractivity contribution < 1.29 is 0 Å². The summed E-state index contributed by atoms with van der Waals surface area (Å²) in [5.41, 5.74) is 0. The van der Waals surface area contributed by atoms with Crippen molar-refractivity contribution in [3.8, 4) is 0 Å². The largest absolute Gasteiger partial charge is 0.176 e. The Bertz CT molecular complexity index is 52.5. The zero-order valence-electron chi connectivity index (χ0n) is 6.56. The second-order valence-electron chi connectivity index (χ2n) is 2.56. The molecule has 1 atom stereocenters. The van der Waals surface area contributed by atoms with Gasteiger partial charge < -0.3 is 0 Å². The summed E-state index contributed by atoms with van der Waals surface area (Å²) in [5, 5.41) is 0.650. The summed E-state index contributed by atoms with van der Waals surface area (Å²) in [4.78, 5) is 0. The van der Waals surface area contributed by atoms with E-state index in [1.165, 1.54) is 32.1 Å². The van der Waals surface area contributed by atoms with Crippen molar-refractivity contribution in [1.29, 1.82) is 0 Å². The summed E-state index contributed by atoms with van der Waals surface area (Å²) in [7, 11) is 0. The van der Waals surface area contributed by atoms with Crippen LogP contribution in [-0.4, -0.2) is 5.25 Å². The molecule has 1 heteroatoms. The molecule has 0 radical (unpaired) electrons. The second-order valence-corrected chi connectivity index (χ2v) is 3.29. The van der Waals surface area contributed by atoms with Gasteiger partial charge in [0.2, 0.25) is 0 Å². The molecule has 0 saturated heterocycles. The Balaban J connectivity index is 2.88. The highest BCUT2D eigenvalue weighted by Crippen LogP contribution is 2.10. The fourth-order valence-corrected chi connectivity index (χ4v) is 1.02. The predicted molar refractivity (Wildman–Crippen MR) is 47.2 cm³/mol. The molecule has 0 aliphatic rings. The molecule has 0 nitrogen and oxygen atoms in total. The molecular weight excluding hydrogens is 128 g/mol. The number of hydrogen-bond donors (Lipinski definition) is 1. The first kappa shape index (κ1) is 9.35. The summed E-state index contributed by atoms with van der Waals surface area (Å²) in [6.07, 6.45) is 6.57. The van der Waals surface area contributed by atoms with Crippen molar-refractivity contribution in [3.05, 3.63) is 0 Å². The van der Waals surface area contributed by atoms with Gasteiger partial charge in [0.1, 0.15) is 0 Å². The molecule has 0 saturated carbocycles. The van der Waals surface area contributed by atoms with E-state index in [2.05, 4.69) is 26.5 Å². The van der Waals surface area contributed by atoms with E-state index in [1.807, 2.05) is 0 Å². The van der Waals surface area contributed by atoms with Gasteiger partial charge in [0.05, 0.1) is 0 Å². The van der Waals surface area contributed by atoms with Crippen molar-refractivity contribution in [2.45, 2.75) is 51.2 Å². The number of rotatable bonds is 5. The molecular formula is C8H18S. The Morgan fingerprint density at radius 2 is 1.89 bits per heavy atom. The van der Waals surface area contributed by atoms with Gasteiger partial charge in [-0.25, -0.2) is 0 Å². The lowest BCUT2D eigenvalue weighted by atomic mass is 10.1. The molecule has 0 rings (SSSR count). The minimum absolute atomic E-state index is 0.650. The Morgan fingerprint density at radius 1 is 1.22 bits per heavy atom. The zero-order chi connectivity index (χ0) is 7.11. The van der Waals surface area contributed by atoms with Gasteiger partial charge in [-0.3, -0.25) is 0 Å². The quantitative estimate of drug-likeness (QED) is 0.446. The van der Waals surface area contributed by atoms with Crippen LogP contribution in [0.15, 0.2) is 0 Å². The minimum Gasteiger partial charge on any atom is -0.176 e. The normalized spacial score (nSPS) is 13.7. The highest BCUT2D eigenvalue weighted by atomic mass is 32.1. The molecule has 0 N–H and O–H groups in total. The van der Waals surface area contributed by atoms with Crippen LogP contribution in [-0.2, 0) is 0 Å². The van der Waals surface area contributed by atoms with Crippen LogP contribution in [0.25, 0.3) is 0 Å². The van der Waals surface area contributed by atoms with Crippen LogP contribution in [0.2, 0.25) is 0 Å². The van der Waals surface area contributed by atoms with E-state index in [4.69, 9.17) is 0 Å². The van der Waals surface area contributed by atoms with Gasteiger partial charge in [-0.15, -0.1) is 0 Å². The summed E-state index contributed by atoms with van der Waals surface area (Å²) < 4.78 is 0. The third-order valence-electron chi connectivity index (χ3n) is 1.61. The van der Waals surface area contributed by atoms with E-state index in [0.717, 1.165) is 0 Å². The maximum Gasteiger partial charge on any atom is 0.00141 e. The van der Waals surface area contributed by atoms with Crippen LogP contribution >= 0.6 is 12.6 Å². The first-order valence-corrected chi connectivity index (χ1v) is 4.51. The van der Waals surface area contributed by atoms with Crippen LogP contribution in [0.3, 0.4) is 0 Å². The average Bonchev–Trinajstić information content (AvgIpc) is 1.89. The fourth-order valence-electron chi connectivity index (χ4n) is 0.834. The molecule has 0 aliphatic carbocycles. The molecule has 1 unspecified atom stereocenters. The summed E-state index contributed by atoms with van der Waals surface area (Å²) in [5.74, 6) is 0. The van der Waals surface area contributed by atoms with Gasteiger partial charge in [-0.2, -0.15) is 12.6 Å². The van der Waals surface area contributed by atoms with Crippen molar-refractivity contribution in [2.75, 3.05) is 0 Å². The zero-order valence-corrected chi connectivity index (χ0v) is 7.45. The van der Waals surface area contributed by atoms with Gasteiger partial charge in [0.25, 0.3) is 0 Å². The maximum absolute atomic E-state index is 4.40. The molecule has 0 bridgehead atoms. The highest BCUT2D eigenvalue weighted by Gasteiger charge is 1.96. The van der Waals surface area contributed by atoms with Gasteiger partial charge in [0.15, 0.2) is 0 Å². The maximum atomic E-state index is 4.40. The Labute approximate surface area is 64.4 Å². The van der Waals surface area contributed by atoms with Crippen LogP contribution in [0.5, 0.6) is 0 Å². The van der Waals surface area contributed by atoms with Crippen molar-refractivity contribution in [1.82, 2.24) is 0 Å². The lowest BCUT2D eigenvalue weighted by Crippen LogP contribution is -1.94. The molecule has 0 spiro atoms. The fraction of sp³-hybridized carbons (Fsp3) is 1.00. The van der Waals surface area contributed by atoms with Gasteiger partial charge in [-0.1, -0.05) is 33.1 Å². The Hall–Kier alpha value is 0.350. The monoisotopic (exact) mass is 146 g/mol. The van der Waals surface area contributed by atoms with Crippen LogP contribution in [0.1, 0.15) is 46.0 Å². The first-order valence-electron chi connectivity index (χ1n) is 3.99. The lowest BCUT2D eigenvalue weighted by Gasteiger charge is -2.04. The third kappa shape index (κ3) is 6.23. The summed E-state index contributed by atoms with van der Waals surface area (Å²) in [6.45, 7) is 4.43. The van der Waals surface area contributed by atoms with Gasteiger partial charge in [-0.05, 0) is 12.8 Å². The van der Waals surface area contributed by atoms with E-state index in [1.54, 1.807) is 0 Å². The van der Waals surface area contributed by atoms with Crippen molar-refractivity contribution in [3.63, 3.8) is 0 Å². The summed E-state index contributed by atoms with van der Waals surface area (Å²) in [6, 6.07) is 0. The van der Waals surface area contributed by atoms with E-state index in [0.29, 0.717) is 5.25 Å². The van der Waals surface area contributed by atoms with Gasteiger partial charge >= 0.3 is 0 Å². The lowest BCUT2D eigenvalue weighted by molar-refractivity contribution is 0.638. The molecule has 0 fully saturated rings. The third-order valence-corrected chi connectivity index (χ3v) is 2.24. The molecule has 0 amide bonds. The highest BCUT2D eigenvalue weighted by molar-refractivity contribution is 7.80. The number of unbranched alkanes of at least 4 members (excludes halogenated alkanes) is 2. The molecule has 0 aromatic heterocycles. The summed E-state index contributed by atoms with van der Waals surface area (Å²) >= 11 is 4.40. The van der Waals surface area contributed by atoms with Crippen LogP contribution in [0.4, 0.5) is 0 Å². The SMILES string of the molecule is CCCCCC(S)CC. The first-order chi connectivity index (χ1) is 4.31. The Morgan fingerprint density at radius 3 is 2.33 bits per heavy atom. The molecule has 0 aliphatic heterocycles. The van der Waals surface area contributed by atoms with Crippen LogP contribution in [0, 0.1) is 0 Å². The predicted octanol–water partition coefficient (Wildman–Crippen LogP) is 3.28. The van der Waals surface area contributed by atoms with Crippen molar-refractivity contribution >= 4 is 12.6 Å². The standard InChI is InChI=1S/C8H18S/c1-3-5-6-7-8(9)4-2/h8-9H,3-7H2,1-2H3.